The number of nitrogens with two attached hydrogens (primary N) is 1. The Kier molecular flexibility index (Phi) is 11.6. The van der Waals surface area contributed by atoms with Gasteiger partial charge in [0.1, 0.15) is 10.7 Å². The maximum absolute atomic E-state index is 12.9. The van der Waals surface area contributed by atoms with Crippen molar-refractivity contribution in [2.24, 2.45) is 5.73 Å². The highest BCUT2D eigenvalue weighted by Gasteiger charge is 2.24. The number of aliphatic hydroxyl groups is 2. The number of fused-ring (bicyclic) bond motifs is 1. The number of likely N-dealkylation sites (N-methyl/N-ethyl adjacent to an activating group) is 1. The first-order valence-electron chi connectivity index (χ1n) is 13.4. The number of aliphatic hydroxyl groups excluding tert-OH is 2. The average molecular weight is 573 g/mol. The van der Waals surface area contributed by atoms with E-state index in [2.05, 4.69) is 14.9 Å². The van der Waals surface area contributed by atoms with Crippen LogP contribution >= 0.6 is 11.9 Å². The number of hydrogen-bond acceptors (Lipinski definition) is 9. The molecule has 3 rings (SSSR count). The molecular formula is C28H40N6O5S. The predicted octanol–water partition coefficient (Wildman–Crippen LogP) is 1.53. The van der Waals surface area contributed by atoms with Crippen molar-refractivity contribution in [3.05, 3.63) is 52.7 Å². The number of carbonyl (C=O) groups excluding carboxylic acids is 3. The number of likely N-dealkylation sites (tertiary alicyclic amines) is 1. The SMILES string of the molecule is CCN(C(C)=O)/C(SNc1ccc2cc(C(=O)NCCN3CCCC3)ccc2c1)=C(\N)C(=O)N(C)CC(O)CO. The van der Waals surface area contributed by atoms with Crippen molar-refractivity contribution in [2.45, 2.75) is 32.8 Å². The van der Waals surface area contributed by atoms with Crippen molar-refractivity contribution in [1.29, 1.82) is 0 Å². The topological polar surface area (TPSA) is 151 Å². The third-order valence-corrected chi connectivity index (χ3v) is 7.70. The number of anilines is 1. The molecular weight excluding hydrogens is 532 g/mol. The zero-order valence-electron chi connectivity index (χ0n) is 23.4. The minimum Gasteiger partial charge on any atom is -0.394 e. The van der Waals surface area contributed by atoms with Gasteiger partial charge >= 0.3 is 0 Å². The van der Waals surface area contributed by atoms with E-state index in [1.165, 1.54) is 36.6 Å². The van der Waals surface area contributed by atoms with Crippen LogP contribution in [0.5, 0.6) is 0 Å². The maximum Gasteiger partial charge on any atom is 0.272 e. The number of carbonyl (C=O) groups is 3. The summed E-state index contributed by atoms with van der Waals surface area (Å²) in [6, 6.07) is 11.2. The van der Waals surface area contributed by atoms with E-state index in [1.54, 1.807) is 13.0 Å². The van der Waals surface area contributed by atoms with Gasteiger partial charge in [-0.2, -0.15) is 0 Å². The van der Waals surface area contributed by atoms with Gasteiger partial charge in [0.15, 0.2) is 0 Å². The minimum absolute atomic E-state index is 0.103. The third-order valence-electron chi connectivity index (χ3n) is 6.72. The fraction of sp³-hybridized carbons (Fsp3) is 0.464. The number of amides is 3. The molecule has 11 nitrogen and oxygen atoms in total. The molecule has 6 N–H and O–H groups in total. The monoisotopic (exact) mass is 572 g/mol. The van der Waals surface area contributed by atoms with Crippen LogP contribution in [0.15, 0.2) is 47.1 Å². The molecule has 2 aromatic carbocycles. The van der Waals surface area contributed by atoms with E-state index in [9.17, 15) is 19.5 Å². The fourth-order valence-corrected chi connectivity index (χ4v) is 5.42. The van der Waals surface area contributed by atoms with E-state index in [1.807, 2.05) is 30.3 Å². The Morgan fingerprint density at radius 3 is 2.45 bits per heavy atom. The van der Waals surface area contributed by atoms with Gasteiger partial charge in [0.2, 0.25) is 5.91 Å². The summed E-state index contributed by atoms with van der Waals surface area (Å²) in [5.41, 5.74) is 7.35. The zero-order chi connectivity index (χ0) is 29.2. The van der Waals surface area contributed by atoms with Gasteiger partial charge in [0.25, 0.3) is 11.8 Å². The molecule has 218 valence electrons. The lowest BCUT2D eigenvalue weighted by Crippen LogP contribution is -2.40. The Morgan fingerprint density at radius 2 is 1.80 bits per heavy atom. The molecule has 0 aromatic heterocycles. The van der Waals surface area contributed by atoms with Gasteiger partial charge in [-0.05, 0) is 67.9 Å². The quantitative estimate of drug-likeness (QED) is 0.178. The van der Waals surface area contributed by atoms with Gasteiger partial charge < -0.3 is 40.7 Å². The summed E-state index contributed by atoms with van der Waals surface area (Å²) in [7, 11) is 1.46. The van der Waals surface area contributed by atoms with E-state index in [0.717, 1.165) is 42.4 Å². The van der Waals surface area contributed by atoms with Crippen LogP contribution in [0.3, 0.4) is 0 Å². The molecule has 0 saturated carbocycles. The Morgan fingerprint density at radius 1 is 1.12 bits per heavy atom. The van der Waals surface area contributed by atoms with E-state index >= 15 is 0 Å². The number of nitrogens with zero attached hydrogens (tertiary/aromatic N) is 3. The predicted molar refractivity (Wildman–Crippen MR) is 158 cm³/mol. The molecule has 3 amide bonds. The van der Waals surface area contributed by atoms with Crippen LogP contribution in [0.1, 0.15) is 37.0 Å². The van der Waals surface area contributed by atoms with Crippen molar-refractivity contribution < 1.29 is 24.6 Å². The molecule has 0 aliphatic carbocycles. The molecule has 2 aromatic rings. The summed E-state index contributed by atoms with van der Waals surface area (Å²) >= 11 is 1.03. The lowest BCUT2D eigenvalue weighted by molar-refractivity contribution is -0.127. The van der Waals surface area contributed by atoms with Crippen molar-refractivity contribution >= 4 is 46.1 Å². The van der Waals surface area contributed by atoms with E-state index in [-0.39, 0.29) is 35.6 Å². The van der Waals surface area contributed by atoms with Crippen LogP contribution in [-0.4, -0.2) is 102 Å². The Bertz CT molecular complexity index is 1230. The Balaban J connectivity index is 1.72. The molecule has 1 atom stereocenters. The highest BCUT2D eigenvalue weighted by Crippen LogP contribution is 2.28. The molecule has 1 saturated heterocycles. The second kappa shape index (κ2) is 14.9. The van der Waals surface area contributed by atoms with Crippen molar-refractivity contribution in [2.75, 3.05) is 57.6 Å². The summed E-state index contributed by atoms with van der Waals surface area (Å²) in [6.45, 7) is 6.51. The molecule has 1 aliphatic heterocycles. The number of benzene rings is 2. The second-order valence-electron chi connectivity index (χ2n) is 9.79. The Labute approximate surface area is 239 Å². The van der Waals surface area contributed by atoms with Gasteiger partial charge in [0.05, 0.1) is 12.7 Å². The fourth-order valence-electron chi connectivity index (χ4n) is 4.51. The van der Waals surface area contributed by atoms with Crippen LogP contribution < -0.4 is 15.8 Å². The van der Waals surface area contributed by atoms with Crippen LogP contribution in [0.4, 0.5) is 5.69 Å². The molecule has 1 fully saturated rings. The zero-order valence-corrected chi connectivity index (χ0v) is 24.2. The first-order valence-corrected chi connectivity index (χ1v) is 14.3. The maximum atomic E-state index is 12.9. The summed E-state index contributed by atoms with van der Waals surface area (Å²) in [5, 5.41) is 23.8. The van der Waals surface area contributed by atoms with Gasteiger partial charge in [-0.25, -0.2) is 0 Å². The number of nitrogens with one attached hydrogen (secondary N) is 2. The Hall–Kier alpha value is -3.32. The molecule has 0 radical (unpaired) electrons. The molecule has 1 unspecified atom stereocenters. The summed E-state index contributed by atoms with van der Waals surface area (Å²) in [5.74, 6) is -0.972. The van der Waals surface area contributed by atoms with Gasteiger partial charge in [0, 0.05) is 63.3 Å². The normalized spacial score (nSPS) is 14.9. The molecule has 1 aliphatic rings. The second-order valence-corrected chi connectivity index (χ2v) is 10.6. The van der Waals surface area contributed by atoms with Gasteiger partial charge in [-0.3, -0.25) is 14.4 Å². The summed E-state index contributed by atoms with van der Waals surface area (Å²) < 4.78 is 3.17. The molecule has 0 bridgehead atoms. The molecule has 1 heterocycles. The molecule has 0 spiro atoms. The summed E-state index contributed by atoms with van der Waals surface area (Å²) in [4.78, 5) is 42.8. The van der Waals surface area contributed by atoms with Gasteiger partial charge in [-0.1, -0.05) is 12.1 Å². The molecule has 12 heteroatoms. The average Bonchev–Trinajstić information content (AvgIpc) is 3.47. The summed E-state index contributed by atoms with van der Waals surface area (Å²) in [6.07, 6.45) is 1.34. The van der Waals surface area contributed by atoms with E-state index < -0.39 is 18.6 Å². The minimum atomic E-state index is -1.11. The van der Waals surface area contributed by atoms with E-state index in [4.69, 9.17) is 10.8 Å². The first kappa shape index (κ1) is 31.2. The lowest BCUT2D eigenvalue weighted by atomic mass is 10.1. The standard InChI is InChI=1S/C28H40N6O5S/c1-4-34(19(2)36)28(25(29)27(39)32(3)17-24(37)18-35)40-31-23-10-9-20-15-22(8-7-21(20)16-23)26(38)30-11-14-33-12-5-6-13-33/h7-10,15-16,24,31,35,37H,4-6,11-14,17-18,29H2,1-3H3,(H,30,38)/b28-25+. The van der Waals surface area contributed by atoms with Gasteiger partial charge in [-0.15, -0.1) is 0 Å². The van der Waals surface area contributed by atoms with Crippen molar-refractivity contribution in [3.8, 4) is 0 Å². The number of hydrogen-bond donors (Lipinski definition) is 5. The largest absolute Gasteiger partial charge is 0.394 e. The smallest absolute Gasteiger partial charge is 0.272 e. The van der Waals surface area contributed by atoms with Crippen molar-refractivity contribution in [1.82, 2.24) is 20.0 Å². The molecule has 40 heavy (non-hydrogen) atoms. The van der Waals surface area contributed by atoms with Crippen LogP contribution in [0, 0.1) is 0 Å². The van der Waals surface area contributed by atoms with Crippen molar-refractivity contribution in [3.63, 3.8) is 0 Å². The number of rotatable bonds is 13. The third kappa shape index (κ3) is 8.34. The van der Waals surface area contributed by atoms with Crippen LogP contribution in [0.2, 0.25) is 0 Å². The van der Waals surface area contributed by atoms with Crippen LogP contribution in [0.25, 0.3) is 10.8 Å². The lowest BCUT2D eigenvalue weighted by Gasteiger charge is -2.26. The van der Waals surface area contributed by atoms with Crippen LogP contribution in [-0.2, 0) is 9.59 Å². The first-order chi connectivity index (χ1) is 19.1. The highest BCUT2D eigenvalue weighted by molar-refractivity contribution is 8.04. The highest BCUT2D eigenvalue weighted by atomic mass is 32.2. The van der Waals surface area contributed by atoms with E-state index in [0.29, 0.717) is 17.8 Å².